The van der Waals surface area contributed by atoms with Crippen LogP contribution in [0.5, 0.6) is 0 Å². The quantitative estimate of drug-likeness (QED) is 0.437. The molecule has 1 heterocycles. The zero-order valence-corrected chi connectivity index (χ0v) is 20.3. The molecular weight excluding hydrogens is 502 g/mol. The largest absolute Gasteiger partial charge is 0.342 e. The Bertz CT molecular complexity index is 1120. The van der Waals surface area contributed by atoms with Crippen molar-refractivity contribution < 1.29 is 9.59 Å². The average Bonchev–Trinajstić information content (AvgIpc) is 3.10. The molecule has 0 aliphatic heterocycles. The third-order valence-electron chi connectivity index (χ3n) is 4.50. The molecule has 31 heavy (non-hydrogen) atoms. The molecule has 0 radical (unpaired) electrons. The summed E-state index contributed by atoms with van der Waals surface area (Å²) in [6, 6.07) is 12.1. The summed E-state index contributed by atoms with van der Waals surface area (Å²) in [4.78, 5) is 24.8. The van der Waals surface area contributed by atoms with E-state index in [1.165, 1.54) is 11.8 Å². The van der Waals surface area contributed by atoms with Crippen LogP contribution >= 0.6 is 39.3 Å². The summed E-state index contributed by atoms with van der Waals surface area (Å²) in [6.45, 7) is 3.77. The van der Waals surface area contributed by atoms with Crippen LogP contribution in [0.2, 0.25) is 5.02 Å². The predicted octanol–water partition coefficient (Wildman–Crippen LogP) is 4.76. The number of carbonyl (C=O) groups excluding carboxylic acids is 2. The topological polar surface area (TPSA) is 88.9 Å². The minimum atomic E-state index is -0.393. The summed E-state index contributed by atoms with van der Waals surface area (Å²) in [5.41, 5.74) is 2.17. The summed E-state index contributed by atoms with van der Waals surface area (Å²) in [7, 11) is 1.80. The number of hydrogen-bond donors (Lipinski definition) is 2. The van der Waals surface area contributed by atoms with E-state index in [-0.39, 0.29) is 17.6 Å². The zero-order chi connectivity index (χ0) is 22.5. The maximum absolute atomic E-state index is 12.5. The van der Waals surface area contributed by atoms with Crippen molar-refractivity contribution in [2.75, 3.05) is 11.1 Å². The highest BCUT2D eigenvalue weighted by atomic mass is 79.9. The van der Waals surface area contributed by atoms with E-state index in [1.54, 1.807) is 35.9 Å². The maximum atomic E-state index is 12.5. The molecular formula is C21H21BrClN5O2S. The number of rotatable bonds is 7. The molecule has 10 heteroatoms. The third kappa shape index (κ3) is 5.87. The van der Waals surface area contributed by atoms with Crippen molar-refractivity contribution in [1.29, 1.82) is 0 Å². The van der Waals surface area contributed by atoms with Gasteiger partial charge in [-0.25, -0.2) is 0 Å². The number of benzene rings is 2. The van der Waals surface area contributed by atoms with Gasteiger partial charge in [0.1, 0.15) is 0 Å². The number of aromatic nitrogens is 3. The van der Waals surface area contributed by atoms with Crippen molar-refractivity contribution in [3.05, 3.63) is 68.9 Å². The number of thioether (sulfide) groups is 1. The van der Waals surface area contributed by atoms with Gasteiger partial charge in [0.05, 0.1) is 22.4 Å². The van der Waals surface area contributed by atoms with E-state index in [9.17, 15) is 9.59 Å². The van der Waals surface area contributed by atoms with Crippen LogP contribution in [-0.2, 0) is 11.8 Å². The van der Waals surface area contributed by atoms with Gasteiger partial charge in [0.15, 0.2) is 11.0 Å². The van der Waals surface area contributed by atoms with Crippen LogP contribution < -0.4 is 10.6 Å². The number of nitrogens with zero attached hydrogens (tertiary/aromatic N) is 3. The second kappa shape index (κ2) is 10.3. The van der Waals surface area contributed by atoms with Gasteiger partial charge in [-0.2, -0.15) is 0 Å². The molecule has 0 spiro atoms. The Kier molecular flexibility index (Phi) is 7.74. The fourth-order valence-corrected chi connectivity index (χ4v) is 4.05. The van der Waals surface area contributed by atoms with E-state index < -0.39 is 6.04 Å². The van der Waals surface area contributed by atoms with Crippen molar-refractivity contribution in [3.8, 4) is 0 Å². The Labute approximate surface area is 198 Å². The summed E-state index contributed by atoms with van der Waals surface area (Å²) in [5.74, 6) is 0.323. The van der Waals surface area contributed by atoms with Crippen molar-refractivity contribution in [2.24, 2.45) is 7.05 Å². The number of anilines is 1. The molecule has 3 aromatic rings. The van der Waals surface area contributed by atoms with Crippen LogP contribution in [0.1, 0.15) is 34.7 Å². The van der Waals surface area contributed by atoms with Gasteiger partial charge in [-0.3, -0.25) is 9.59 Å². The Balaban J connectivity index is 1.59. The van der Waals surface area contributed by atoms with Gasteiger partial charge in [0, 0.05) is 17.2 Å². The number of halogens is 2. The number of amides is 2. The predicted molar refractivity (Wildman–Crippen MR) is 127 cm³/mol. The minimum absolute atomic E-state index is 0.142. The van der Waals surface area contributed by atoms with Crippen LogP contribution in [0.15, 0.2) is 52.1 Å². The van der Waals surface area contributed by atoms with Gasteiger partial charge in [0.2, 0.25) is 5.91 Å². The lowest BCUT2D eigenvalue weighted by molar-refractivity contribution is -0.113. The van der Waals surface area contributed by atoms with Crippen molar-refractivity contribution in [1.82, 2.24) is 20.1 Å². The highest BCUT2D eigenvalue weighted by molar-refractivity contribution is 9.10. The summed E-state index contributed by atoms with van der Waals surface area (Å²) in [6.07, 6.45) is 0. The first-order valence-corrected chi connectivity index (χ1v) is 11.6. The highest BCUT2D eigenvalue weighted by Gasteiger charge is 2.20. The van der Waals surface area contributed by atoms with Crippen LogP contribution in [0, 0.1) is 6.92 Å². The van der Waals surface area contributed by atoms with Gasteiger partial charge < -0.3 is 15.2 Å². The molecule has 162 valence electrons. The average molecular weight is 523 g/mol. The fourth-order valence-electron chi connectivity index (χ4n) is 2.86. The smallest absolute Gasteiger partial charge is 0.253 e. The molecule has 0 unspecified atom stereocenters. The maximum Gasteiger partial charge on any atom is 0.253 e. The van der Waals surface area contributed by atoms with Gasteiger partial charge in [-0.1, -0.05) is 51.4 Å². The first-order chi connectivity index (χ1) is 14.8. The Morgan fingerprint density at radius 3 is 2.68 bits per heavy atom. The highest BCUT2D eigenvalue weighted by Crippen LogP contribution is 2.22. The molecule has 0 aliphatic carbocycles. The van der Waals surface area contributed by atoms with Gasteiger partial charge in [-0.15, -0.1) is 10.2 Å². The molecule has 3 rings (SSSR count). The second-order valence-electron chi connectivity index (χ2n) is 6.88. The Morgan fingerprint density at radius 1 is 1.23 bits per heavy atom. The van der Waals surface area contributed by atoms with E-state index in [4.69, 9.17) is 11.6 Å². The number of nitrogens with one attached hydrogen (secondary N) is 2. The zero-order valence-electron chi connectivity index (χ0n) is 17.1. The number of carbonyl (C=O) groups is 2. The molecule has 2 amide bonds. The SMILES string of the molecule is Cc1cc(NC(=O)CSc2nnc([C@@H](C)NC(=O)c3ccccc3Cl)n2C)ccc1Br. The molecule has 1 aromatic heterocycles. The molecule has 2 aromatic carbocycles. The summed E-state index contributed by atoms with van der Waals surface area (Å²) >= 11 is 10.8. The van der Waals surface area contributed by atoms with Gasteiger partial charge in [0.25, 0.3) is 5.91 Å². The van der Waals surface area contributed by atoms with Crippen LogP contribution in [0.3, 0.4) is 0 Å². The number of hydrogen-bond acceptors (Lipinski definition) is 5. The lowest BCUT2D eigenvalue weighted by atomic mass is 10.2. The lowest BCUT2D eigenvalue weighted by Gasteiger charge is -2.14. The first kappa shape index (κ1) is 23.3. The Hall–Kier alpha value is -2.36. The van der Waals surface area contributed by atoms with Crippen molar-refractivity contribution in [2.45, 2.75) is 25.0 Å². The van der Waals surface area contributed by atoms with Gasteiger partial charge in [-0.05, 0) is 49.7 Å². The van der Waals surface area contributed by atoms with E-state index in [1.807, 2.05) is 32.0 Å². The molecule has 7 nitrogen and oxygen atoms in total. The normalized spacial score (nSPS) is 11.8. The molecule has 1 atom stereocenters. The van der Waals surface area contributed by atoms with E-state index in [0.29, 0.717) is 21.6 Å². The van der Waals surface area contributed by atoms with Crippen molar-refractivity contribution in [3.63, 3.8) is 0 Å². The van der Waals surface area contributed by atoms with E-state index in [2.05, 4.69) is 36.8 Å². The summed E-state index contributed by atoms with van der Waals surface area (Å²) in [5, 5.41) is 15.0. The van der Waals surface area contributed by atoms with Crippen LogP contribution in [0.25, 0.3) is 0 Å². The number of aryl methyl sites for hydroxylation is 1. The molecule has 2 N–H and O–H groups in total. The molecule has 0 fully saturated rings. The monoisotopic (exact) mass is 521 g/mol. The minimum Gasteiger partial charge on any atom is -0.342 e. The molecule has 0 bridgehead atoms. The van der Waals surface area contributed by atoms with Crippen LogP contribution in [-0.4, -0.2) is 32.3 Å². The lowest BCUT2D eigenvalue weighted by Crippen LogP contribution is -2.28. The Morgan fingerprint density at radius 2 is 1.97 bits per heavy atom. The summed E-state index contributed by atoms with van der Waals surface area (Å²) < 4.78 is 2.75. The molecule has 0 saturated heterocycles. The van der Waals surface area contributed by atoms with Crippen LogP contribution in [0.4, 0.5) is 5.69 Å². The van der Waals surface area contributed by atoms with E-state index >= 15 is 0 Å². The fraction of sp³-hybridized carbons (Fsp3) is 0.238. The second-order valence-corrected chi connectivity index (χ2v) is 9.08. The third-order valence-corrected chi connectivity index (χ3v) is 6.74. The molecule has 0 aliphatic rings. The molecule has 0 saturated carbocycles. The van der Waals surface area contributed by atoms with Crippen molar-refractivity contribution >= 4 is 56.8 Å². The standard InChI is InChI=1S/C21H21BrClN5O2S/c1-12-10-14(8-9-16(12)22)25-18(29)11-31-21-27-26-19(28(21)3)13(2)24-20(30)15-6-4-5-7-17(15)23/h4-10,13H,11H2,1-3H3,(H,24,30)(H,25,29)/t13-/m1/s1. The van der Waals surface area contributed by atoms with E-state index in [0.717, 1.165) is 15.7 Å². The first-order valence-electron chi connectivity index (χ1n) is 9.39. The van der Waals surface area contributed by atoms with Gasteiger partial charge >= 0.3 is 0 Å².